The average Bonchev–Trinajstić information content (AvgIpc) is 3.31. The van der Waals surface area contributed by atoms with Gasteiger partial charge in [0.1, 0.15) is 5.78 Å². The van der Waals surface area contributed by atoms with Crippen LogP contribution in [0.4, 0.5) is 0 Å². The first-order valence-corrected chi connectivity index (χ1v) is 12.7. The molecule has 31 heavy (non-hydrogen) atoms. The predicted octanol–water partition coefficient (Wildman–Crippen LogP) is 5.29. The van der Waals surface area contributed by atoms with Crippen LogP contribution in [0.15, 0.2) is 39.9 Å². The molecule has 0 amide bonds. The number of fused-ring (bicyclic) bond motifs is 4. The van der Waals surface area contributed by atoms with Crippen LogP contribution in [0.2, 0.25) is 0 Å². The molecular weight excluding hydrogens is 456 g/mol. The summed E-state index contributed by atoms with van der Waals surface area (Å²) >= 11 is 3.57. The van der Waals surface area contributed by atoms with Crippen molar-refractivity contribution in [1.29, 1.82) is 0 Å². The molecule has 0 radical (unpaired) electrons. The summed E-state index contributed by atoms with van der Waals surface area (Å²) in [4.78, 5) is 13.0. The second-order valence-electron chi connectivity index (χ2n) is 10.7. The van der Waals surface area contributed by atoms with Crippen LogP contribution in [0.3, 0.4) is 0 Å². The summed E-state index contributed by atoms with van der Waals surface area (Å²) in [5.41, 5.74) is 2.87. The van der Waals surface area contributed by atoms with Gasteiger partial charge in [-0.1, -0.05) is 40.6 Å². The summed E-state index contributed by atoms with van der Waals surface area (Å²) in [5.74, 6) is 0.843. The van der Waals surface area contributed by atoms with Crippen LogP contribution >= 0.6 is 15.9 Å². The maximum absolute atomic E-state index is 13.0. The summed E-state index contributed by atoms with van der Waals surface area (Å²) in [6.07, 6.45) is 6.45. The van der Waals surface area contributed by atoms with Gasteiger partial charge in [0.15, 0.2) is 5.79 Å². The van der Waals surface area contributed by atoms with Gasteiger partial charge in [0, 0.05) is 35.1 Å². The van der Waals surface area contributed by atoms with Crippen molar-refractivity contribution < 1.29 is 19.4 Å². The van der Waals surface area contributed by atoms with Crippen LogP contribution in [-0.4, -0.2) is 35.5 Å². The molecule has 4 aliphatic carbocycles. The smallest absolute Gasteiger partial charge is 0.171 e. The maximum Gasteiger partial charge on any atom is 0.171 e. The number of hydrogen-bond acceptors (Lipinski definition) is 4. The van der Waals surface area contributed by atoms with Crippen molar-refractivity contribution in [3.05, 3.63) is 45.4 Å². The van der Waals surface area contributed by atoms with E-state index in [2.05, 4.69) is 47.1 Å². The molecule has 4 nitrogen and oxygen atoms in total. The third-order valence-electron chi connectivity index (χ3n) is 9.21. The second-order valence-corrected chi connectivity index (χ2v) is 11.6. The van der Waals surface area contributed by atoms with E-state index in [0.29, 0.717) is 43.7 Å². The largest absolute Gasteiger partial charge is 0.385 e. The van der Waals surface area contributed by atoms with Crippen molar-refractivity contribution in [2.45, 2.75) is 75.6 Å². The number of rotatable bonds is 1. The molecule has 1 aliphatic heterocycles. The lowest BCUT2D eigenvalue weighted by molar-refractivity contribution is -0.208. The van der Waals surface area contributed by atoms with Crippen LogP contribution in [0.5, 0.6) is 0 Å². The van der Waals surface area contributed by atoms with Crippen molar-refractivity contribution in [2.75, 3.05) is 13.2 Å². The molecule has 5 heteroatoms. The molecule has 1 aromatic carbocycles. The Morgan fingerprint density at radius 1 is 1.06 bits per heavy atom. The highest BCUT2D eigenvalue weighted by Crippen LogP contribution is 2.64. The lowest BCUT2D eigenvalue weighted by Gasteiger charge is -2.55. The second kappa shape index (κ2) is 6.99. The van der Waals surface area contributed by atoms with Crippen LogP contribution in [-0.2, 0) is 14.3 Å². The minimum absolute atomic E-state index is 0.197. The molecule has 0 bridgehead atoms. The van der Waals surface area contributed by atoms with E-state index in [4.69, 9.17) is 9.47 Å². The molecule has 1 heterocycles. The van der Waals surface area contributed by atoms with E-state index in [0.717, 1.165) is 43.0 Å². The minimum atomic E-state index is -0.849. The number of carbonyl (C=O) groups is 1. The molecule has 0 unspecified atom stereocenters. The number of hydrogen-bond donors (Lipinski definition) is 1. The molecule has 4 fully saturated rings. The van der Waals surface area contributed by atoms with Gasteiger partial charge in [0.05, 0.1) is 18.8 Å². The van der Waals surface area contributed by atoms with Gasteiger partial charge in [-0.3, -0.25) is 4.79 Å². The topological polar surface area (TPSA) is 55.8 Å². The fraction of sp³-hybridized carbons (Fsp3) is 0.654. The summed E-state index contributed by atoms with van der Waals surface area (Å²) in [6.45, 7) is 3.46. The first-order chi connectivity index (χ1) is 14.8. The van der Waals surface area contributed by atoms with Crippen LogP contribution in [0.25, 0.3) is 0 Å². The van der Waals surface area contributed by atoms with Gasteiger partial charge in [0.25, 0.3) is 0 Å². The van der Waals surface area contributed by atoms with E-state index in [1.54, 1.807) is 0 Å². The SMILES string of the molecule is C[C@]12C[C@H](c3ccc(Br)cc3)C3=C4CCC5(C[C@]4(O)CC[C@H]3[C@@H]1CCC2=O)OCCO5. The van der Waals surface area contributed by atoms with E-state index in [1.165, 1.54) is 16.7 Å². The Hall–Kier alpha value is -1.01. The van der Waals surface area contributed by atoms with Gasteiger partial charge in [-0.2, -0.15) is 0 Å². The third kappa shape index (κ3) is 2.99. The number of aliphatic hydroxyl groups is 1. The lowest BCUT2D eigenvalue weighted by atomic mass is 9.51. The Morgan fingerprint density at radius 3 is 2.55 bits per heavy atom. The minimum Gasteiger partial charge on any atom is -0.385 e. The monoisotopic (exact) mass is 486 g/mol. The van der Waals surface area contributed by atoms with E-state index in [1.807, 2.05) is 0 Å². The molecular formula is C26H31BrO4. The molecule has 1 saturated heterocycles. The van der Waals surface area contributed by atoms with Crippen molar-refractivity contribution >= 4 is 21.7 Å². The number of carbonyl (C=O) groups excluding carboxylic acids is 1. The molecule has 6 rings (SSSR count). The molecule has 166 valence electrons. The normalized spacial score (nSPS) is 41.3. The van der Waals surface area contributed by atoms with Crippen LogP contribution < -0.4 is 0 Å². The summed E-state index contributed by atoms with van der Waals surface area (Å²) in [6, 6.07) is 8.60. The number of Topliss-reactive ketones (excluding diaryl/α,β-unsaturated/α-hetero) is 1. The summed E-state index contributed by atoms with van der Waals surface area (Å²) in [7, 11) is 0. The van der Waals surface area contributed by atoms with Gasteiger partial charge >= 0.3 is 0 Å². The molecule has 1 aromatic rings. The first-order valence-electron chi connectivity index (χ1n) is 11.9. The number of ether oxygens (including phenoxy) is 2. The molecule has 1 spiro atoms. The molecule has 5 aliphatic rings. The Labute approximate surface area is 192 Å². The maximum atomic E-state index is 13.0. The number of allylic oxidation sites excluding steroid dienone is 1. The van der Waals surface area contributed by atoms with Crippen molar-refractivity contribution in [3.63, 3.8) is 0 Å². The standard InChI is InChI=1S/C26H31BrO4/c1-24-14-19(16-2-4-17(27)5-3-16)23-18(20(24)6-7-22(24)28)8-10-25(29)15-26(11-9-21(23)25)30-12-13-31-26/h2-5,18-20,29H,6-15H2,1H3/t18-,19+,20-,24-,25+/m0/s1. The van der Waals surface area contributed by atoms with Gasteiger partial charge in [0.2, 0.25) is 0 Å². The Morgan fingerprint density at radius 2 is 1.81 bits per heavy atom. The fourth-order valence-electron chi connectivity index (χ4n) is 7.78. The highest BCUT2D eigenvalue weighted by atomic mass is 79.9. The fourth-order valence-corrected chi connectivity index (χ4v) is 8.04. The molecule has 5 atom stereocenters. The van der Waals surface area contributed by atoms with E-state index >= 15 is 0 Å². The quantitative estimate of drug-likeness (QED) is 0.548. The summed E-state index contributed by atoms with van der Waals surface area (Å²) in [5, 5.41) is 11.9. The van der Waals surface area contributed by atoms with Gasteiger partial charge in [-0.05, 0) is 67.2 Å². The zero-order valence-electron chi connectivity index (χ0n) is 18.2. The highest BCUT2D eigenvalue weighted by molar-refractivity contribution is 9.10. The molecule has 0 aromatic heterocycles. The van der Waals surface area contributed by atoms with E-state index < -0.39 is 11.4 Å². The predicted molar refractivity (Wildman–Crippen MR) is 121 cm³/mol. The van der Waals surface area contributed by atoms with Crippen LogP contribution in [0.1, 0.15) is 69.8 Å². The van der Waals surface area contributed by atoms with Gasteiger partial charge in [-0.25, -0.2) is 0 Å². The van der Waals surface area contributed by atoms with E-state index in [-0.39, 0.29) is 11.3 Å². The molecule has 3 saturated carbocycles. The third-order valence-corrected chi connectivity index (χ3v) is 9.74. The van der Waals surface area contributed by atoms with Gasteiger partial charge in [-0.15, -0.1) is 0 Å². The number of benzene rings is 1. The lowest BCUT2D eigenvalue weighted by Crippen LogP contribution is -2.53. The average molecular weight is 487 g/mol. The Balaban J connectivity index is 1.48. The number of halogens is 1. The zero-order chi connectivity index (χ0) is 21.4. The molecule has 1 N–H and O–H groups in total. The Kier molecular flexibility index (Phi) is 4.64. The number of ketones is 1. The van der Waals surface area contributed by atoms with E-state index in [9.17, 15) is 9.90 Å². The van der Waals surface area contributed by atoms with Crippen LogP contribution in [0, 0.1) is 17.3 Å². The van der Waals surface area contributed by atoms with Crippen molar-refractivity contribution in [3.8, 4) is 0 Å². The summed E-state index contributed by atoms with van der Waals surface area (Å²) < 4.78 is 13.1. The van der Waals surface area contributed by atoms with Crippen molar-refractivity contribution in [1.82, 2.24) is 0 Å². The highest BCUT2D eigenvalue weighted by Gasteiger charge is 2.60. The van der Waals surface area contributed by atoms with Gasteiger partial charge < -0.3 is 14.6 Å². The van der Waals surface area contributed by atoms with Crippen molar-refractivity contribution in [2.24, 2.45) is 17.3 Å². The zero-order valence-corrected chi connectivity index (χ0v) is 19.7. The Bertz CT molecular complexity index is 947. The first kappa shape index (κ1) is 20.6.